The molecule has 0 aliphatic heterocycles. The van der Waals surface area contributed by atoms with Crippen molar-refractivity contribution in [1.82, 2.24) is 10.2 Å². The summed E-state index contributed by atoms with van der Waals surface area (Å²) in [6.45, 7) is 0.289. The number of thioether (sulfide) groups is 1. The number of nitrogens with one attached hydrogen (secondary N) is 1. The number of carbonyl (C=O) groups excluding carboxylic acids is 1. The average Bonchev–Trinajstić information content (AvgIpc) is 2.30. The summed E-state index contributed by atoms with van der Waals surface area (Å²) in [5, 5.41) is 19.7. The second-order valence-electron chi connectivity index (χ2n) is 3.45. The Bertz CT molecular complexity index is 304. The lowest BCUT2D eigenvalue weighted by Gasteiger charge is -2.20. The predicted molar refractivity (Wildman–Crippen MR) is 65.8 cm³/mol. The zero-order valence-electron chi connectivity index (χ0n) is 9.97. The maximum atomic E-state index is 11.6. The first-order valence-corrected chi connectivity index (χ1v) is 6.52. The number of urea groups is 1. The first kappa shape index (κ1) is 15.6. The van der Waals surface area contributed by atoms with Crippen molar-refractivity contribution in [1.29, 1.82) is 5.26 Å². The van der Waals surface area contributed by atoms with Gasteiger partial charge < -0.3 is 15.3 Å². The van der Waals surface area contributed by atoms with Crippen molar-refractivity contribution in [3.8, 4) is 6.07 Å². The Balaban J connectivity index is 4.20. The average molecular weight is 259 g/mol. The van der Waals surface area contributed by atoms with E-state index in [-0.39, 0.29) is 13.0 Å². The Kier molecular flexibility index (Phi) is 7.97. The van der Waals surface area contributed by atoms with Crippen LogP contribution in [0.25, 0.3) is 0 Å². The second-order valence-corrected chi connectivity index (χ2v) is 4.44. The highest BCUT2D eigenvalue weighted by molar-refractivity contribution is 7.98. The van der Waals surface area contributed by atoms with E-state index in [1.54, 1.807) is 0 Å². The van der Waals surface area contributed by atoms with Crippen molar-refractivity contribution < 1.29 is 14.7 Å². The van der Waals surface area contributed by atoms with Gasteiger partial charge >= 0.3 is 12.0 Å². The van der Waals surface area contributed by atoms with E-state index in [1.807, 2.05) is 12.3 Å². The summed E-state index contributed by atoms with van der Waals surface area (Å²) < 4.78 is 0. The summed E-state index contributed by atoms with van der Waals surface area (Å²) in [7, 11) is 1.53. The van der Waals surface area contributed by atoms with E-state index in [1.165, 1.54) is 23.7 Å². The quantitative estimate of drug-likeness (QED) is 0.703. The van der Waals surface area contributed by atoms with Crippen molar-refractivity contribution in [2.45, 2.75) is 18.9 Å². The Morgan fingerprint density at radius 3 is 2.71 bits per heavy atom. The van der Waals surface area contributed by atoms with Crippen molar-refractivity contribution in [3.63, 3.8) is 0 Å². The first-order valence-electron chi connectivity index (χ1n) is 5.13. The molecule has 7 heteroatoms. The van der Waals surface area contributed by atoms with Crippen LogP contribution in [-0.4, -0.2) is 53.6 Å². The van der Waals surface area contributed by atoms with Crippen LogP contribution >= 0.6 is 11.8 Å². The van der Waals surface area contributed by atoms with Crippen molar-refractivity contribution in [3.05, 3.63) is 0 Å². The van der Waals surface area contributed by atoms with Crippen molar-refractivity contribution >= 4 is 23.8 Å². The molecule has 0 bridgehead atoms. The van der Waals surface area contributed by atoms with E-state index >= 15 is 0 Å². The summed E-state index contributed by atoms with van der Waals surface area (Å²) in [5.41, 5.74) is 0. The monoisotopic (exact) mass is 259 g/mol. The fourth-order valence-electron chi connectivity index (χ4n) is 1.07. The number of hydrogen-bond acceptors (Lipinski definition) is 4. The zero-order chi connectivity index (χ0) is 13.3. The highest BCUT2D eigenvalue weighted by Crippen LogP contribution is 2.02. The molecule has 0 aromatic rings. The van der Waals surface area contributed by atoms with Crippen LogP contribution in [0, 0.1) is 11.3 Å². The number of nitriles is 1. The van der Waals surface area contributed by atoms with Gasteiger partial charge in [-0.1, -0.05) is 0 Å². The molecule has 0 heterocycles. The van der Waals surface area contributed by atoms with E-state index in [4.69, 9.17) is 10.4 Å². The highest BCUT2D eigenvalue weighted by atomic mass is 32.2. The maximum Gasteiger partial charge on any atom is 0.326 e. The molecule has 0 fully saturated rings. The topological polar surface area (TPSA) is 93.4 Å². The number of nitrogens with zero attached hydrogens (tertiary/aromatic N) is 2. The van der Waals surface area contributed by atoms with Gasteiger partial charge in [0.25, 0.3) is 0 Å². The van der Waals surface area contributed by atoms with E-state index < -0.39 is 18.0 Å². The van der Waals surface area contributed by atoms with Crippen LogP contribution in [-0.2, 0) is 4.79 Å². The molecule has 0 rings (SSSR count). The Morgan fingerprint density at radius 2 is 2.24 bits per heavy atom. The Morgan fingerprint density at radius 1 is 1.59 bits per heavy atom. The van der Waals surface area contributed by atoms with Crippen molar-refractivity contribution in [2.75, 3.05) is 25.6 Å². The largest absolute Gasteiger partial charge is 0.480 e. The normalized spacial score (nSPS) is 11.4. The smallest absolute Gasteiger partial charge is 0.326 e. The highest BCUT2D eigenvalue weighted by Gasteiger charge is 2.20. The Hall–Kier alpha value is -1.42. The molecule has 0 aromatic carbocycles. The number of aliphatic carboxylic acids is 1. The van der Waals surface area contributed by atoms with Gasteiger partial charge in [-0.05, 0) is 18.4 Å². The third-order valence-electron chi connectivity index (χ3n) is 2.11. The van der Waals surface area contributed by atoms with Gasteiger partial charge in [0.1, 0.15) is 6.04 Å². The molecule has 0 spiro atoms. The molecule has 0 aromatic heterocycles. The van der Waals surface area contributed by atoms with Gasteiger partial charge in [-0.25, -0.2) is 9.59 Å². The summed E-state index contributed by atoms with van der Waals surface area (Å²) >= 11 is 1.53. The van der Waals surface area contributed by atoms with E-state index in [0.717, 1.165) is 0 Å². The minimum absolute atomic E-state index is 0.229. The summed E-state index contributed by atoms with van der Waals surface area (Å²) in [4.78, 5) is 23.7. The summed E-state index contributed by atoms with van der Waals surface area (Å²) in [6.07, 6.45) is 2.49. The van der Waals surface area contributed by atoms with E-state index in [0.29, 0.717) is 12.2 Å². The van der Waals surface area contributed by atoms with E-state index in [9.17, 15) is 9.59 Å². The zero-order valence-corrected chi connectivity index (χ0v) is 10.8. The van der Waals surface area contributed by atoms with Gasteiger partial charge in [0, 0.05) is 13.6 Å². The SMILES string of the molecule is CSCC[C@H](NC(=O)N(C)CCC#N)C(=O)O. The lowest BCUT2D eigenvalue weighted by molar-refractivity contribution is -0.139. The molecule has 0 aliphatic rings. The molecule has 1 atom stereocenters. The molecule has 2 N–H and O–H groups in total. The minimum Gasteiger partial charge on any atom is -0.480 e. The number of carbonyl (C=O) groups is 2. The molecule has 17 heavy (non-hydrogen) atoms. The van der Waals surface area contributed by atoms with Gasteiger partial charge in [-0.15, -0.1) is 0 Å². The molecule has 0 radical (unpaired) electrons. The molecule has 2 amide bonds. The number of rotatable bonds is 7. The molecule has 0 aliphatic carbocycles. The van der Waals surface area contributed by atoms with E-state index in [2.05, 4.69) is 5.32 Å². The Labute approximate surface area is 105 Å². The fourth-order valence-corrected chi connectivity index (χ4v) is 1.54. The molecular weight excluding hydrogens is 242 g/mol. The molecule has 0 unspecified atom stereocenters. The van der Waals surface area contributed by atoms with Gasteiger partial charge in [-0.2, -0.15) is 17.0 Å². The fraction of sp³-hybridized carbons (Fsp3) is 0.700. The molecule has 0 saturated heterocycles. The first-order chi connectivity index (χ1) is 8.02. The van der Waals surface area contributed by atoms with Crippen molar-refractivity contribution in [2.24, 2.45) is 0 Å². The number of carboxylic acids is 1. The number of hydrogen-bond donors (Lipinski definition) is 2. The number of amides is 2. The summed E-state index contributed by atoms with van der Waals surface area (Å²) in [5.74, 6) is -0.375. The summed E-state index contributed by atoms with van der Waals surface area (Å²) in [6, 6.07) is 0.583. The lowest BCUT2D eigenvalue weighted by Crippen LogP contribution is -2.47. The lowest BCUT2D eigenvalue weighted by atomic mass is 10.2. The predicted octanol–water partition coefficient (Wildman–Crippen LogP) is 0.748. The molecule has 0 saturated carbocycles. The second kappa shape index (κ2) is 8.70. The molecule has 96 valence electrons. The van der Waals surface area contributed by atoms with Crippen LogP contribution in [0.4, 0.5) is 4.79 Å². The van der Waals surface area contributed by atoms with Gasteiger partial charge in [0.05, 0.1) is 12.5 Å². The third-order valence-corrected chi connectivity index (χ3v) is 2.76. The maximum absolute atomic E-state index is 11.6. The van der Waals surface area contributed by atoms with Crippen LogP contribution in [0.2, 0.25) is 0 Å². The number of carboxylic acid groups (broad SMARTS) is 1. The van der Waals surface area contributed by atoms with Crippen LogP contribution in [0.15, 0.2) is 0 Å². The van der Waals surface area contributed by atoms with Crippen LogP contribution in [0.5, 0.6) is 0 Å². The van der Waals surface area contributed by atoms with Crippen LogP contribution < -0.4 is 5.32 Å². The van der Waals surface area contributed by atoms with Gasteiger partial charge in [0.2, 0.25) is 0 Å². The molecular formula is C10H17N3O3S. The van der Waals surface area contributed by atoms with Gasteiger partial charge in [-0.3, -0.25) is 0 Å². The van der Waals surface area contributed by atoms with Crippen LogP contribution in [0.3, 0.4) is 0 Å². The third kappa shape index (κ3) is 6.68. The van der Waals surface area contributed by atoms with Gasteiger partial charge in [0.15, 0.2) is 0 Å². The van der Waals surface area contributed by atoms with Crippen LogP contribution in [0.1, 0.15) is 12.8 Å². The molecule has 6 nitrogen and oxygen atoms in total. The minimum atomic E-state index is -1.04. The standard InChI is InChI=1S/C10H17N3O3S/c1-13(6-3-5-11)10(16)12-8(9(14)15)4-7-17-2/h8H,3-4,6-7H2,1-2H3,(H,12,16)(H,14,15)/t8-/m0/s1.